The minimum Gasteiger partial charge on any atom is -0.369 e. The van der Waals surface area contributed by atoms with Crippen molar-refractivity contribution in [2.45, 2.75) is 32.4 Å². The van der Waals surface area contributed by atoms with Crippen molar-refractivity contribution in [2.24, 2.45) is 0 Å². The molecule has 0 bridgehead atoms. The minimum atomic E-state index is -0.295. The average Bonchev–Trinajstić information content (AvgIpc) is 3.42. The molecule has 0 amide bonds. The van der Waals surface area contributed by atoms with Gasteiger partial charge in [-0.25, -0.2) is 28.4 Å². The van der Waals surface area contributed by atoms with Crippen LogP contribution in [0.1, 0.15) is 30.5 Å². The topological polar surface area (TPSA) is 80.6 Å². The van der Waals surface area contributed by atoms with Gasteiger partial charge < -0.3 is 10.6 Å². The van der Waals surface area contributed by atoms with Gasteiger partial charge in [0.15, 0.2) is 11.5 Å². The molecular formula is C28H25F2N7. The molecule has 0 radical (unpaired) electrons. The molecule has 0 aliphatic carbocycles. The Balaban J connectivity index is 1.44. The predicted octanol–water partition coefficient (Wildman–Crippen LogP) is 5.53. The Morgan fingerprint density at radius 1 is 1.00 bits per heavy atom. The van der Waals surface area contributed by atoms with E-state index in [0.717, 1.165) is 28.9 Å². The third-order valence-corrected chi connectivity index (χ3v) is 6.65. The molecule has 0 unspecified atom stereocenters. The molecule has 2 aromatic carbocycles. The SMILES string of the molecule is CC1(C)CNc2nc(-c3nn(Cc4ccccc4F)c4ncccc34)nc(NCc3ccc(F)cc3)c21. The third kappa shape index (κ3) is 4.26. The fraction of sp³-hybridized carbons (Fsp3) is 0.214. The van der Waals surface area contributed by atoms with Crippen molar-refractivity contribution in [3.63, 3.8) is 0 Å². The number of benzene rings is 2. The molecule has 2 N–H and O–H groups in total. The van der Waals surface area contributed by atoms with Crippen LogP contribution in [0.2, 0.25) is 0 Å². The molecule has 186 valence electrons. The molecule has 6 rings (SSSR count). The van der Waals surface area contributed by atoms with E-state index in [1.165, 1.54) is 18.2 Å². The summed E-state index contributed by atoms with van der Waals surface area (Å²) in [5.74, 6) is 1.31. The van der Waals surface area contributed by atoms with Crippen LogP contribution in [0.5, 0.6) is 0 Å². The zero-order chi connectivity index (χ0) is 25.6. The van der Waals surface area contributed by atoms with E-state index in [1.807, 2.05) is 12.1 Å². The lowest BCUT2D eigenvalue weighted by atomic mass is 9.88. The van der Waals surface area contributed by atoms with E-state index in [0.29, 0.717) is 35.1 Å². The molecule has 5 aromatic rings. The molecule has 0 fully saturated rings. The van der Waals surface area contributed by atoms with Crippen LogP contribution in [0.25, 0.3) is 22.6 Å². The number of fused-ring (bicyclic) bond motifs is 2. The van der Waals surface area contributed by atoms with Crippen molar-refractivity contribution in [2.75, 3.05) is 17.2 Å². The maximum absolute atomic E-state index is 14.4. The summed E-state index contributed by atoms with van der Waals surface area (Å²) >= 11 is 0. The van der Waals surface area contributed by atoms with E-state index < -0.39 is 0 Å². The van der Waals surface area contributed by atoms with Crippen LogP contribution in [-0.2, 0) is 18.5 Å². The number of rotatable bonds is 6. The average molecular weight is 498 g/mol. The highest BCUT2D eigenvalue weighted by atomic mass is 19.1. The van der Waals surface area contributed by atoms with Gasteiger partial charge in [0.1, 0.15) is 29.0 Å². The van der Waals surface area contributed by atoms with Crippen LogP contribution in [0.4, 0.5) is 20.4 Å². The smallest absolute Gasteiger partial charge is 0.184 e. The normalized spacial score (nSPS) is 13.9. The maximum Gasteiger partial charge on any atom is 0.184 e. The first-order valence-corrected chi connectivity index (χ1v) is 12.1. The number of aromatic nitrogens is 5. The summed E-state index contributed by atoms with van der Waals surface area (Å²) in [6, 6.07) is 16.8. The van der Waals surface area contributed by atoms with Gasteiger partial charge in [-0.2, -0.15) is 5.10 Å². The summed E-state index contributed by atoms with van der Waals surface area (Å²) < 4.78 is 29.5. The zero-order valence-electron chi connectivity index (χ0n) is 20.5. The number of pyridine rings is 1. The quantitative estimate of drug-likeness (QED) is 0.321. The number of hydrogen-bond donors (Lipinski definition) is 2. The van der Waals surface area contributed by atoms with Crippen LogP contribution in [0.3, 0.4) is 0 Å². The summed E-state index contributed by atoms with van der Waals surface area (Å²) in [6.07, 6.45) is 1.69. The van der Waals surface area contributed by atoms with Crippen molar-refractivity contribution in [1.29, 1.82) is 0 Å². The number of anilines is 2. The molecule has 3 aromatic heterocycles. The van der Waals surface area contributed by atoms with Gasteiger partial charge in [0.05, 0.1) is 11.9 Å². The molecule has 0 saturated carbocycles. The molecule has 7 nitrogen and oxygen atoms in total. The molecule has 4 heterocycles. The van der Waals surface area contributed by atoms with Crippen LogP contribution in [-0.4, -0.2) is 31.3 Å². The Labute approximate surface area is 212 Å². The third-order valence-electron chi connectivity index (χ3n) is 6.65. The number of hydrogen-bond acceptors (Lipinski definition) is 6. The van der Waals surface area contributed by atoms with Gasteiger partial charge in [-0.1, -0.05) is 44.2 Å². The van der Waals surface area contributed by atoms with Gasteiger partial charge in [0, 0.05) is 35.8 Å². The minimum absolute atomic E-state index is 0.188. The van der Waals surface area contributed by atoms with Crippen LogP contribution in [0, 0.1) is 11.6 Å². The standard InChI is InChI=1S/C28H25F2N7/c1-28(2)16-33-25-22(28)24(32-14-17-9-11-19(29)12-10-17)34-26(35-25)23-20-7-5-13-31-27(20)37(36-23)15-18-6-3-4-8-21(18)30/h3-13H,14-16H2,1-2H3,(H2,32,33,34,35). The molecular weight excluding hydrogens is 472 g/mol. The van der Waals surface area contributed by atoms with Crippen molar-refractivity contribution >= 4 is 22.7 Å². The van der Waals surface area contributed by atoms with Gasteiger partial charge in [-0.15, -0.1) is 0 Å². The molecule has 0 spiro atoms. The highest BCUT2D eigenvalue weighted by Crippen LogP contribution is 2.41. The van der Waals surface area contributed by atoms with E-state index in [9.17, 15) is 8.78 Å². The number of halogens is 2. The van der Waals surface area contributed by atoms with Crippen molar-refractivity contribution in [3.05, 3.63) is 95.2 Å². The van der Waals surface area contributed by atoms with E-state index in [2.05, 4.69) is 29.5 Å². The molecule has 1 aliphatic heterocycles. The van der Waals surface area contributed by atoms with E-state index in [1.54, 1.807) is 41.2 Å². The first kappa shape index (κ1) is 23.0. The second-order valence-corrected chi connectivity index (χ2v) is 9.81. The fourth-order valence-corrected chi connectivity index (χ4v) is 4.72. The maximum atomic E-state index is 14.4. The second kappa shape index (κ2) is 8.92. The van der Waals surface area contributed by atoms with Gasteiger partial charge in [-0.05, 0) is 35.9 Å². The fourth-order valence-electron chi connectivity index (χ4n) is 4.72. The Bertz CT molecular complexity index is 1610. The summed E-state index contributed by atoms with van der Waals surface area (Å²) in [7, 11) is 0. The summed E-state index contributed by atoms with van der Waals surface area (Å²) in [4.78, 5) is 14.3. The van der Waals surface area contributed by atoms with Crippen molar-refractivity contribution in [1.82, 2.24) is 24.7 Å². The van der Waals surface area contributed by atoms with Gasteiger partial charge in [0.25, 0.3) is 0 Å². The van der Waals surface area contributed by atoms with Gasteiger partial charge in [0.2, 0.25) is 0 Å². The Hall–Kier alpha value is -4.40. The largest absolute Gasteiger partial charge is 0.369 e. The lowest BCUT2D eigenvalue weighted by molar-refractivity contribution is 0.585. The van der Waals surface area contributed by atoms with Crippen LogP contribution >= 0.6 is 0 Å². The van der Waals surface area contributed by atoms with E-state index in [-0.39, 0.29) is 23.6 Å². The molecule has 0 saturated heterocycles. The van der Waals surface area contributed by atoms with Crippen LogP contribution in [0.15, 0.2) is 66.9 Å². The highest BCUT2D eigenvalue weighted by Gasteiger charge is 2.35. The summed E-state index contributed by atoms with van der Waals surface area (Å²) in [5.41, 5.74) is 3.45. The lowest BCUT2D eigenvalue weighted by Crippen LogP contribution is -2.21. The molecule has 37 heavy (non-hydrogen) atoms. The predicted molar refractivity (Wildman–Crippen MR) is 139 cm³/mol. The van der Waals surface area contributed by atoms with Crippen LogP contribution < -0.4 is 10.6 Å². The highest BCUT2D eigenvalue weighted by molar-refractivity contribution is 5.90. The Kier molecular flexibility index (Phi) is 5.55. The number of nitrogens with zero attached hydrogens (tertiary/aromatic N) is 5. The summed E-state index contributed by atoms with van der Waals surface area (Å²) in [6.45, 7) is 5.70. The van der Waals surface area contributed by atoms with E-state index in [4.69, 9.17) is 15.1 Å². The Morgan fingerprint density at radius 2 is 1.81 bits per heavy atom. The second-order valence-electron chi connectivity index (χ2n) is 9.81. The van der Waals surface area contributed by atoms with Crippen molar-refractivity contribution in [3.8, 4) is 11.5 Å². The lowest BCUT2D eigenvalue weighted by Gasteiger charge is -2.20. The number of nitrogens with one attached hydrogen (secondary N) is 2. The van der Waals surface area contributed by atoms with Crippen molar-refractivity contribution < 1.29 is 8.78 Å². The molecule has 1 aliphatic rings. The molecule has 0 atom stereocenters. The first-order valence-electron chi connectivity index (χ1n) is 12.1. The monoisotopic (exact) mass is 497 g/mol. The Morgan fingerprint density at radius 3 is 2.62 bits per heavy atom. The van der Waals surface area contributed by atoms with Gasteiger partial charge in [-0.3, -0.25) is 0 Å². The van der Waals surface area contributed by atoms with E-state index >= 15 is 0 Å². The van der Waals surface area contributed by atoms with Gasteiger partial charge >= 0.3 is 0 Å². The molecule has 9 heteroatoms. The zero-order valence-corrected chi connectivity index (χ0v) is 20.5. The first-order chi connectivity index (χ1) is 17.9. The summed E-state index contributed by atoms with van der Waals surface area (Å²) in [5, 5.41) is 12.4.